The normalized spacial score (nSPS) is 11.5. The highest BCUT2D eigenvalue weighted by molar-refractivity contribution is 5.93. The van der Waals surface area contributed by atoms with E-state index in [9.17, 15) is 13.6 Å². The Kier molecular flexibility index (Phi) is 4.27. The lowest BCUT2D eigenvalue weighted by Gasteiger charge is -2.22. The van der Waals surface area contributed by atoms with Crippen molar-refractivity contribution in [3.63, 3.8) is 0 Å². The van der Waals surface area contributed by atoms with Crippen molar-refractivity contribution < 1.29 is 18.7 Å². The molecule has 2 N–H and O–H groups in total. The number of nitrogens with zero attached hydrogens (tertiary/aromatic N) is 2. The number of aromatic nitrogens is 2. The Morgan fingerprint density at radius 3 is 2.64 bits per heavy atom. The van der Waals surface area contributed by atoms with Crippen LogP contribution in [-0.4, -0.2) is 32.9 Å². The van der Waals surface area contributed by atoms with Crippen LogP contribution in [0, 0.1) is 18.6 Å². The molecule has 1 heterocycles. The first-order valence-electron chi connectivity index (χ1n) is 6.69. The number of halogens is 2. The van der Waals surface area contributed by atoms with Crippen LogP contribution in [0.25, 0.3) is 5.69 Å². The van der Waals surface area contributed by atoms with E-state index in [2.05, 4.69) is 10.4 Å². The first-order chi connectivity index (χ1) is 10.2. The van der Waals surface area contributed by atoms with E-state index in [1.807, 2.05) is 0 Å². The van der Waals surface area contributed by atoms with Crippen LogP contribution in [0.4, 0.5) is 8.78 Å². The third-order valence-corrected chi connectivity index (χ3v) is 3.11. The topological polar surface area (TPSA) is 67.2 Å². The van der Waals surface area contributed by atoms with Crippen molar-refractivity contribution in [3.05, 3.63) is 47.3 Å². The number of aliphatic hydroxyl groups excluding tert-OH is 1. The van der Waals surface area contributed by atoms with E-state index in [0.29, 0.717) is 5.69 Å². The number of benzene rings is 1. The molecule has 0 saturated carbocycles. The summed E-state index contributed by atoms with van der Waals surface area (Å²) < 4.78 is 28.0. The fraction of sp³-hybridized carbons (Fsp3) is 0.333. The minimum atomic E-state index is -0.796. The molecule has 0 atom stereocenters. The molecule has 1 aromatic carbocycles. The molecule has 0 fully saturated rings. The number of amides is 1. The monoisotopic (exact) mass is 309 g/mol. The van der Waals surface area contributed by atoms with Crippen LogP contribution in [0.5, 0.6) is 0 Å². The number of hydrogen-bond acceptors (Lipinski definition) is 3. The van der Waals surface area contributed by atoms with E-state index in [4.69, 9.17) is 5.11 Å². The zero-order valence-electron chi connectivity index (χ0n) is 12.5. The first-order valence-corrected chi connectivity index (χ1v) is 6.69. The fourth-order valence-electron chi connectivity index (χ4n) is 1.89. The number of carbonyl (C=O) groups excluding carboxylic acids is 1. The summed E-state index contributed by atoms with van der Waals surface area (Å²) >= 11 is 0. The van der Waals surface area contributed by atoms with Gasteiger partial charge in [-0.1, -0.05) is 0 Å². The molecule has 0 spiro atoms. The zero-order valence-corrected chi connectivity index (χ0v) is 12.5. The Morgan fingerprint density at radius 2 is 2.05 bits per heavy atom. The minimum Gasteiger partial charge on any atom is -0.394 e. The average molecular weight is 309 g/mol. The number of rotatable bonds is 4. The standard InChI is InChI=1S/C15H17F2N3O2/c1-9-6-12(14(22)18-15(2,3)8-21)19-20(9)13-5-4-10(16)7-11(13)17/h4-7,21H,8H2,1-3H3,(H,18,22). The highest BCUT2D eigenvalue weighted by atomic mass is 19.1. The molecule has 0 saturated heterocycles. The maximum atomic E-state index is 13.8. The first kappa shape index (κ1) is 16.1. The lowest BCUT2D eigenvalue weighted by atomic mass is 10.1. The maximum Gasteiger partial charge on any atom is 0.272 e. The Morgan fingerprint density at radius 1 is 1.36 bits per heavy atom. The molecule has 0 unspecified atom stereocenters. The zero-order chi connectivity index (χ0) is 16.5. The van der Waals surface area contributed by atoms with Gasteiger partial charge in [-0.3, -0.25) is 4.79 Å². The number of nitrogens with one attached hydrogen (secondary N) is 1. The van der Waals surface area contributed by atoms with E-state index in [1.165, 1.54) is 16.8 Å². The minimum absolute atomic E-state index is 0.0550. The van der Waals surface area contributed by atoms with E-state index < -0.39 is 23.1 Å². The predicted octanol–water partition coefficient (Wildman–Crippen LogP) is 1.96. The molecule has 2 aromatic rings. The smallest absolute Gasteiger partial charge is 0.272 e. The molecule has 7 heteroatoms. The van der Waals surface area contributed by atoms with Gasteiger partial charge in [-0.05, 0) is 39.0 Å². The number of aryl methyl sites for hydroxylation is 1. The molecule has 0 aliphatic heterocycles. The predicted molar refractivity (Wildman–Crippen MR) is 76.8 cm³/mol. The summed E-state index contributed by atoms with van der Waals surface area (Å²) in [5, 5.41) is 15.8. The van der Waals surface area contributed by atoms with Gasteiger partial charge in [0.1, 0.15) is 11.5 Å². The Hall–Kier alpha value is -2.28. The summed E-state index contributed by atoms with van der Waals surface area (Å²) in [6.07, 6.45) is 0. The molecule has 0 aliphatic rings. The number of hydrogen-bond donors (Lipinski definition) is 2. The summed E-state index contributed by atoms with van der Waals surface area (Å²) in [7, 11) is 0. The van der Waals surface area contributed by atoms with E-state index in [0.717, 1.165) is 12.1 Å². The maximum absolute atomic E-state index is 13.8. The quantitative estimate of drug-likeness (QED) is 0.907. The second-order valence-corrected chi connectivity index (χ2v) is 5.67. The van der Waals surface area contributed by atoms with Crippen molar-refractivity contribution in [2.45, 2.75) is 26.3 Å². The van der Waals surface area contributed by atoms with Gasteiger partial charge in [0.25, 0.3) is 5.91 Å². The highest BCUT2D eigenvalue weighted by Gasteiger charge is 2.22. The van der Waals surface area contributed by atoms with Crippen LogP contribution in [0.3, 0.4) is 0 Å². The molecule has 1 aromatic heterocycles. The fourth-order valence-corrected chi connectivity index (χ4v) is 1.89. The van der Waals surface area contributed by atoms with Crippen molar-refractivity contribution in [1.29, 1.82) is 0 Å². The van der Waals surface area contributed by atoms with Gasteiger partial charge >= 0.3 is 0 Å². The van der Waals surface area contributed by atoms with Gasteiger partial charge in [0.05, 0.1) is 12.1 Å². The van der Waals surface area contributed by atoms with E-state index in [1.54, 1.807) is 20.8 Å². The SMILES string of the molecule is Cc1cc(C(=O)NC(C)(C)CO)nn1-c1ccc(F)cc1F. The molecular formula is C15H17F2N3O2. The number of carbonyl (C=O) groups is 1. The van der Waals surface area contributed by atoms with E-state index in [-0.39, 0.29) is 18.0 Å². The van der Waals surface area contributed by atoms with E-state index >= 15 is 0 Å². The third-order valence-electron chi connectivity index (χ3n) is 3.11. The van der Waals surface area contributed by atoms with Gasteiger partial charge in [-0.15, -0.1) is 0 Å². The highest BCUT2D eigenvalue weighted by Crippen LogP contribution is 2.17. The molecular weight excluding hydrogens is 292 g/mol. The summed E-state index contributed by atoms with van der Waals surface area (Å²) in [4.78, 5) is 12.1. The van der Waals surface area contributed by atoms with Crippen LogP contribution in [0.15, 0.2) is 24.3 Å². The molecule has 5 nitrogen and oxygen atoms in total. The Balaban J connectivity index is 2.34. The molecule has 0 bridgehead atoms. The van der Waals surface area contributed by atoms with Gasteiger partial charge in [-0.2, -0.15) is 5.10 Å². The van der Waals surface area contributed by atoms with Crippen LogP contribution in [0.1, 0.15) is 30.0 Å². The Bertz CT molecular complexity index is 711. The van der Waals surface area contributed by atoms with Crippen LogP contribution < -0.4 is 5.32 Å². The number of aliphatic hydroxyl groups is 1. The largest absolute Gasteiger partial charge is 0.394 e. The second-order valence-electron chi connectivity index (χ2n) is 5.67. The summed E-state index contributed by atoms with van der Waals surface area (Å²) in [6.45, 7) is 4.75. The van der Waals surface area contributed by atoms with Crippen molar-refractivity contribution >= 4 is 5.91 Å². The van der Waals surface area contributed by atoms with Gasteiger partial charge in [0.2, 0.25) is 0 Å². The molecule has 2 rings (SSSR count). The molecule has 118 valence electrons. The van der Waals surface area contributed by atoms with Gasteiger partial charge in [-0.25, -0.2) is 13.5 Å². The van der Waals surface area contributed by atoms with Gasteiger partial charge in [0.15, 0.2) is 11.5 Å². The summed E-state index contributed by atoms with van der Waals surface area (Å²) in [5.41, 5.74) is -0.129. The van der Waals surface area contributed by atoms with Crippen LogP contribution in [-0.2, 0) is 0 Å². The van der Waals surface area contributed by atoms with Crippen molar-refractivity contribution in [2.75, 3.05) is 6.61 Å². The molecule has 22 heavy (non-hydrogen) atoms. The van der Waals surface area contributed by atoms with Crippen molar-refractivity contribution in [3.8, 4) is 5.69 Å². The van der Waals surface area contributed by atoms with Crippen molar-refractivity contribution in [1.82, 2.24) is 15.1 Å². The van der Waals surface area contributed by atoms with Gasteiger partial charge < -0.3 is 10.4 Å². The van der Waals surface area contributed by atoms with Gasteiger partial charge in [0, 0.05) is 11.8 Å². The molecule has 1 amide bonds. The molecule has 0 radical (unpaired) electrons. The Labute approximate surface area is 126 Å². The second kappa shape index (κ2) is 5.84. The third kappa shape index (κ3) is 3.30. The van der Waals surface area contributed by atoms with Crippen LogP contribution >= 0.6 is 0 Å². The lowest BCUT2D eigenvalue weighted by molar-refractivity contribution is 0.0863. The lowest BCUT2D eigenvalue weighted by Crippen LogP contribution is -2.46. The molecule has 0 aliphatic carbocycles. The van der Waals surface area contributed by atoms with Crippen LogP contribution in [0.2, 0.25) is 0 Å². The average Bonchev–Trinajstić information content (AvgIpc) is 2.80. The summed E-state index contributed by atoms with van der Waals surface area (Å²) in [6, 6.07) is 4.62. The van der Waals surface area contributed by atoms with Crippen molar-refractivity contribution in [2.24, 2.45) is 0 Å². The summed E-state index contributed by atoms with van der Waals surface area (Å²) in [5.74, 6) is -1.94.